The van der Waals surface area contributed by atoms with Gasteiger partial charge in [-0.05, 0) is 74.0 Å². The van der Waals surface area contributed by atoms with Crippen molar-refractivity contribution in [3.63, 3.8) is 0 Å². The third kappa shape index (κ3) is 2.49. The van der Waals surface area contributed by atoms with Gasteiger partial charge in [-0.25, -0.2) is 9.20 Å². The quantitative estimate of drug-likeness (QED) is 0.317. The van der Waals surface area contributed by atoms with Gasteiger partial charge in [-0.2, -0.15) is 5.10 Å². The second-order valence-corrected chi connectivity index (χ2v) is 8.40. The topological polar surface area (TPSA) is 35.1 Å². The van der Waals surface area contributed by atoms with Crippen LogP contribution in [0.2, 0.25) is 0 Å². The van der Waals surface area contributed by atoms with Gasteiger partial charge in [-0.3, -0.25) is 0 Å². The lowest BCUT2D eigenvalue weighted by Crippen LogP contribution is -2.01. The van der Waals surface area contributed by atoms with Crippen molar-refractivity contribution in [2.75, 3.05) is 0 Å². The van der Waals surface area contributed by atoms with Crippen LogP contribution in [0.15, 0.2) is 46.9 Å². The van der Waals surface area contributed by atoms with E-state index in [0.29, 0.717) is 0 Å². The number of fused-ring (bicyclic) bond motifs is 6. The molecule has 0 fully saturated rings. The Labute approximate surface area is 171 Å². The normalized spacial score (nSPS) is 11.9. The monoisotopic (exact) mass is 432 g/mol. The molecule has 140 valence electrons. The molecule has 0 saturated carbocycles. The average molecular weight is 433 g/mol. The van der Waals surface area contributed by atoms with Crippen molar-refractivity contribution in [2.24, 2.45) is 0 Å². The third-order valence-corrected chi connectivity index (χ3v) is 5.92. The van der Waals surface area contributed by atoms with Gasteiger partial charge in [0, 0.05) is 27.0 Å². The molecule has 0 atom stereocenters. The standard InChI is InChI=1S/C23H21BrN4/c1-5-16-6-7-20-18(10-16)19-11-17(24)8-13(2)23(19)21-12-22(26-28(20)21)27-15(4)9-14(3)25-27/h6-12H,5H2,1-4H3. The zero-order valence-corrected chi connectivity index (χ0v) is 18.0. The molecule has 0 saturated heterocycles. The molecule has 3 aromatic heterocycles. The molecule has 2 aromatic carbocycles. The minimum atomic E-state index is 0.848. The fourth-order valence-electron chi connectivity index (χ4n) is 4.19. The van der Waals surface area contributed by atoms with Crippen molar-refractivity contribution in [2.45, 2.75) is 34.1 Å². The molecule has 0 amide bonds. The lowest BCUT2D eigenvalue weighted by molar-refractivity contribution is 0.789. The molecule has 0 radical (unpaired) electrons. The molecule has 5 aromatic rings. The second-order valence-electron chi connectivity index (χ2n) is 7.49. The van der Waals surface area contributed by atoms with Gasteiger partial charge in [0.25, 0.3) is 0 Å². The van der Waals surface area contributed by atoms with Gasteiger partial charge in [-0.1, -0.05) is 28.9 Å². The predicted molar refractivity (Wildman–Crippen MR) is 119 cm³/mol. The Kier molecular flexibility index (Phi) is 3.85. The zero-order valence-electron chi connectivity index (χ0n) is 16.4. The van der Waals surface area contributed by atoms with Gasteiger partial charge in [0.2, 0.25) is 0 Å². The minimum absolute atomic E-state index is 0.848. The molecule has 5 heteroatoms. The van der Waals surface area contributed by atoms with Crippen molar-refractivity contribution in [3.05, 3.63) is 69.5 Å². The Morgan fingerprint density at radius 1 is 0.893 bits per heavy atom. The number of benzene rings is 2. The SMILES string of the molecule is CCc1ccc2c(c1)c1cc(Br)cc(C)c1c1cc(-n3nc(C)cc3C)nn21. The molecule has 0 spiro atoms. The average Bonchev–Trinajstić information content (AvgIpc) is 3.23. The maximum atomic E-state index is 4.96. The van der Waals surface area contributed by atoms with Gasteiger partial charge >= 0.3 is 0 Å². The molecule has 0 N–H and O–H groups in total. The van der Waals surface area contributed by atoms with Gasteiger partial charge in [0.05, 0.1) is 16.7 Å². The molecule has 0 aliphatic carbocycles. The van der Waals surface area contributed by atoms with Gasteiger partial charge in [-0.15, -0.1) is 5.10 Å². The Morgan fingerprint density at radius 2 is 1.71 bits per heavy atom. The zero-order chi connectivity index (χ0) is 19.6. The van der Waals surface area contributed by atoms with E-state index in [0.717, 1.165) is 39.1 Å². The number of hydrogen-bond acceptors (Lipinski definition) is 2. The van der Waals surface area contributed by atoms with E-state index in [1.54, 1.807) is 0 Å². The Morgan fingerprint density at radius 3 is 2.43 bits per heavy atom. The second kappa shape index (κ2) is 6.17. The summed E-state index contributed by atoms with van der Waals surface area (Å²) in [5.41, 5.74) is 6.87. The highest BCUT2D eigenvalue weighted by Gasteiger charge is 2.16. The first-order valence-corrected chi connectivity index (χ1v) is 10.3. The van der Waals surface area contributed by atoms with Crippen LogP contribution in [0.3, 0.4) is 0 Å². The maximum Gasteiger partial charge on any atom is 0.176 e. The van der Waals surface area contributed by atoms with Gasteiger partial charge < -0.3 is 0 Å². The summed E-state index contributed by atoms with van der Waals surface area (Å²) in [6.45, 7) is 8.44. The van der Waals surface area contributed by atoms with E-state index in [1.165, 1.54) is 27.3 Å². The highest BCUT2D eigenvalue weighted by Crippen LogP contribution is 2.35. The molecule has 0 unspecified atom stereocenters. The summed E-state index contributed by atoms with van der Waals surface area (Å²) in [4.78, 5) is 0. The van der Waals surface area contributed by atoms with E-state index >= 15 is 0 Å². The molecule has 0 aliphatic heterocycles. The van der Waals surface area contributed by atoms with Crippen molar-refractivity contribution in [1.82, 2.24) is 19.4 Å². The molecule has 28 heavy (non-hydrogen) atoms. The summed E-state index contributed by atoms with van der Waals surface area (Å²) in [7, 11) is 0. The summed E-state index contributed by atoms with van der Waals surface area (Å²) in [6, 6.07) is 15.3. The lowest BCUT2D eigenvalue weighted by Gasteiger charge is -2.12. The molecule has 3 heterocycles. The van der Waals surface area contributed by atoms with E-state index in [-0.39, 0.29) is 0 Å². The highest BCUT2D eigenvalue weighted by molar-refractivity contribution is 9.10. The summed E-state index contributed by atoms with van der Waals surface area (Å²) >= 11 is 3.69. The number of nitrogens with zero attached hydrogens (tertiary/aromatic N) is 4. The first-order chi connectivity index (χ1) is 13.5. The maximum absolute atomic E-state index is 4.96. The fourth-order valence-corrected chi connectivity index (χ4v) is 4.77. The molecular weight excluding hydrogens is 412 g/mol. The van der Waals surface area contributed by atoms with E-state index in [1.807, 2.05) is 11.6 Å². The number of rotatable bonds is 2. The van der Waals surface area contributed by atoms with Crippen LogP contribution < -0.4 is 0 Å². The molecule has 0 bridgehead atoms. The van der Waals surface area contributed by atoms with E-state index < -0.39 is 0 Å². The van der Waals surface area contributed by atoms with Crippen LogP contribution in [0.4, 0.5) is 0 Å². The summed E-state index contributed by atoms with van der Waals surface area (Å²) in [6.07, 6.45) is 1.01. The fraction of sp³-hybridized carbons (Fsp3) is 0.217. The number of aryl methyl sites for hydroxylation is 4. The Bertz CT molecular complexity index is 1390. The van der Waals surface area contributed by atoms with Crippen molar-refractivity contribution >= 4 is 43.1 Å². The van der Waals surface area contributed by atoms with Crippen molar-refractivity contribution in [1.29, 1.82) is 0 Å². The molecule has 5 rings (SSSR count). The largest absolute Gasteiger partial charge is 0.230 e. The van der Waals surface area contributed by atoms with Crippen LogP contribution in [-0.2, 0) is 6.42 Å². The molecule has 4 nitrogen and oxygen atoms in total. The summed E-state index contributed by atoms with van der Waals surface area (Å²) < 4.78 is 5.10. The first kappa shape index (κ1) is 17.4. The number of hydrogen-bond donors (Lipinski definition) is 0. The predicted octanol–water partition coefficient (Wildman–Crippen LogP) is 6.08. The van der Waals surface area contributed by atoms with E-state index in [4.69, 9.17) is 5.10 Å². The Balaban J connectivity index is 1.98. The Hall–Kier alpha value is -2.66. The smallest absolute Gasteiger partial charge is 0.176 e. The third-order valence-electron chi connectivity index (χ3n) is 5.47. The lowest BCUT2D eigenvalue weighted by atomic mass is 9.99. The minimum Gasteiger partial charge on any atom is -0.230 e. The van der Waals surface area contributed by atoms with Crippen LogP contribution in [-0.4, -0.2) is 19.4 Å². The summed E-state index contributed by atoms with van der Waals surface area (Å²) in [5, 5.41) is 13.3. The van der Waals surface area contributed by atoms with E-state index in [2.05, 4.69) is 88.8 Å². The molecular formula is C23H21BrN4. The number of pyridine rings is 1. The van der Waals surface area contributed by atoms with E-state index in [9.17, 15) is 0 Å². The van der Waals surface area contributed by atoms with Crippen LogP contribution in [0, 0.1) is 20.8 Å². The first-order valence-electron chi connectivity index (χ1n) is 9.54. The van der Waals surface area contributed by atoms with Gasteiger partial charge in [0.1, 0.15) is 0 Å². The molecule has 0 aliphatic rings. The summed E-state index contributed by atoms with van der Waals surface area (Å²) in [5.74, 6) is 0.848. The van der Waals surface area contributed by atoms with Crippen LogP contribution in [0.5, 0.6) is 0 Å². The van der Waals surface area contributed by atoms with Crippen LogP contribution in [0.25, 0.3) is 33.0 Å². The van der Waals surface area contributed by atoms with Crippen molar-refractivity contribution in [3.8, 4) is 5.82 Å². The van der Waals surface area contributed by atoms with Gasteiger partial charge in [0.15, 0.2) is 5.82 Å². The number of halogens is 1. The number of aromatic nitrogens is 4. The van der Waals surface area contributed by atoms with Crippen LogP contribution in [0.1, 0.15) is 29.4 Å². The highest BCUT2D eigenvalue weighted by atomic mass is 79.9. The van der Waals surface area contributed by atoms with Crippen LogP contribution >= 0.6 is 15.9 Å². The van der Waals surface area contributed by atoms with Crippen molar-refractivity contribution < 1.29 is 0 Å².